The van der Waals surface area contributed by atoms with Crippen LogP contribution in [0.5, 0.6) is 0 Å². The van der Waals surface area contributed by atoms with Gasteiger partial charge in [0.15, 0.2) is 5.41 Å². The van der Waals surface area contributed by atoms with Gasteiger partial charge in [0.05, 0.1) is 0 Å². The molecule has 0 spiro atoms. The van der Waals surface area contributed by atoms with Crippen molar-refractivity contribution in [3.8, 4) is 0 Å². The fourth-order valence-corrected chi connectivity index (χ4v) is 2.80. The molecule has 2 N–H and O–H groups in total. The maximum absolute atomic E-state index is 11.4. The van der Waals surface area contributed by atoms with E-state index in [1.54, 1.807) is 13.8 Å². The van der Waals surface area contributed by atoms with E-state index in [0.29, 0.717) is 6.42 Å². The molecule has 0 aliphatic rings. The average molecular weight is 440 g/mol. The van der Waals surface area contributed by atoms with Crippen molar-refractivity contribution in [1.29, 1.82) is 0 Å². The van der Waals surface area contributed by atoms with Gasteiger partial charge >= 0.3 is 60.8 Å². The third-order valence-corrected chi connectivity index (χ3v) is 4.42. The number of carbonyl (C=O) groups is 2. The van der Waals surface area contributed by atoms with Gasteiger partial charge in [-0.15, -0.1) is 0 Å². The van der Waals surface area contributed by atoms with Gasteiger partial charge in [-0.25, -0.2) is 0 Å². The Hall–Kier alpha value is 0.511. The summed E-state index contributed by atoms with van der Waals surface area (Å²) in [7, 11) is 0. The van der Waals surface area contributed by atoms with Gasteiger partial charge in [-0.2, -0.15) is 0 Å². The molecule has 0 bridgehead atoms. The van der Waals surface area contributed by atoms with Crippen molar-refractivity contribution in [2.24, 2.45) is 11.3 Å². The number of hydrogen-bond acceptors (Lipinski definition) is 2. The van der Waals surface area contributed by atoms with Gasteiger partial charge in [0.1, 0.15) is 0 Å². The van der Waals surface area contributed by atoms with E-state index in [0.717, 1.165) is 12.8 Å². The van der Waals surface area contributed by atoms with Gasteiger partial charge in [-0.1, -0.05) is 78.6 Å². The summed E-state index contributed by atoms with van der Waals surface area (Å²) in [6, 6.07) is 0. The summed E-state index contributed by atoms with van der Waals surface area (Å²) >= 11 is 0. The Bertz CT molecular complexity index is 302. The first-order valence-corrected chi connectivity index (χ1v) is 8.36. The number of hydrogen-bond donors (Lipinski definition) is 2. The maximum atomic E-state index is 11.4. The van der Waals surface area contributed by atoms with Crippen LogP contribution in [0.15, 0.2) is 0 Å². The quantitative estimate of drug-likeness (QED) is 0.260. The Morgan fingerprint density at radius 2 is 1.18 bits per heavy atom. The summed E-state index contributed by atoms with van der Waals surface area (Å²) in [6.45, 7) is 5.55. The molecule has 0 aromatic rings. The van der Waals surface area contributed by atoms with Crippen LogP contribution >= 0.6 is 0 Å². The van der Waals surface area contributed by atoms with Gasteiger partial charge in [0.2, 0.25) is 0 Å². The van der Waals surface area contributed by atoms with Crippen LogP contribution in [0.25, 0.3) is 0 Å². The first-order valence-electron chi connectivity index (χ1n) is 8.36. The molecule has 4 nitrogen and oxygen atoms in total. The first-order chi connectivity index (χ1) is 9.89. The Morgan fingerprint density at radius 1 is 0.818 bits per heavy atom. The molecule has 0 atom stereocenters. The van der Waals surface area contributed by atoms with Gasteiger partial charge in [0, 0.05) is 0 Å². The summed E-state index contributed by atoms with van der Waals surface area (Å²) in [5.41, 5.74) is -1.62. The van der Waals surface area contributed by atoms with Crippen molar-refractivity contribution in [3.63, 3.8) is 0 Å². The van der Waals surface area contributed by atoms with E-state index < -0.39 is 23.3 Å². The van der Waals surface area contributed by atoms with Crippen molar-refractivity contribution in [2.45, 2.75) is 85.0 Å². The molecule has 22 heavy (non-hydrogen) atoms. The topological polar surface area (TPSA) is 74.6 Å². The first kappa shape index (κ1) is 24.8. The molecular formula is C17H34BaO4. The van der Waals surface area contributed by atoms with Gasteiger partial charge in [0.25, 0.3) is 0 Å². The summed E-state index contributed by atoms with van der Waals surface area (Å²) in [5.74, 6) is -2.81. The SMILES string of the molecule is CCCCCCCCCCCC(C(=O)O)(C(=O)O)C(C)C.[BaH2]. The van der Waals surface area contributed by atoms with Crippen molar-refractivity contribution in [1.82, 2.24) is 0 Å². The van der Waals surface area contributed by atoms with E-state index in [1.807, 2.05) is 0 Å². The Labute approximate surface area is 175 Å². The van der Waals surface area contributed by atoms with E-state index in [-0.39, 0.29) is 55.3 Å². The van der Waals surface area contributed by atoms with E-state index in [4.69, 9.17) is 0 Å². The fourth-order valence-electron chi connectivity index (χ4n) is 2.80. The molecule has 0 saturated carbocycles. The normalized spacial score (nSPS) is 11.3. The van der Waals surface area contributed by atoms with Gasteiger partial charge < -0.3 is 10.2 Å². The molecule has 0 aliphatic carbocycles. The number of carboxylic acids is 2. The Morgan fingerprint density at radius 3 is 1.50 bits per heavy atom. The molecule has 0 aromatic heterocycles. The molecule has 0 rings (SSSR count). The van der Waals surface area contributed by atoms with E-state index in [1.165, 1.54) is 38.5 Å². The van der Waals surface area contributed by atoms with Gasteiger partial charge in [-0.3, -0.25) is 9.59 Å². The molecular weight excluding hydrogens is 406 g/mol. The monoisotopic (exact) mass is 440 g/mol. The molecule has 0 fully saturated rings. The van der Waals surface area contributed by atoms with Crippen LogP contribution < -0.4 is 0 Å². The molecule has 0 unspecified atom stereocenters. The zero-order chi connectivity index (χ0) is 16.3. The molecule has 128 valence electrons. The standard InChI is InChI=1S/C17H32O4.Ba.2H/c1-4-5-6-7-8-9-10-11-12-13-17(14(2)3,15(18)19)16(20)21;;;/h14H,4-13H2,1-3H3,(H,18,19)(H,20,21);;;. The fraction of sp³-hybridized carbons (Fsp3) is 0.882. The zero-order valence-corrected chi connectivity index (χ0v) is 13.9. The van der Waals surface area contributed by atoms with Crippen molar-refractivity contribution in [3.05, 3.63) is 0 Å². The third kappa shape index (κ3) is 8.39. The Balaban J connectivity index is 0. The van der Waals surface area contributed by atoms with Crippen molar-refractivity contribution >= 4 is 60.8 Å². The van der Waals surface area contributed by atoms with Crippen LogP contribution in [-0.4, -0.2) is 71.0 Å². The third-order valence-electron chi connectivity index (χ3n) is 4.42. The molecule has 0 aliphatic heterocycles. The Kier molecular flexibility index (Phi) is 15.7. The zero-order valence-electron chi connectivity index (χ0n) is 13.9. The van der Waals surface area contributed by atoms with Crippen LogP contribution in [0.1, 0.15) is 85.0 Å². The second-order valence-corrected chi connectivity index (χ2v) is 6.31. The van der Waals surface area contributed by atoms with Crippen molar-refractivity contribution in [2.75, 3.05) is 0 Å². The summed E-state index contributed by atoms with van der Waals surface area (Å²) in [6.07, 6.45) is 10.4. The number of unbranched alkanes of at least 4 members (excludes halogenated alkanes) is 8. The minimum atomic E-state index is -1.62. The molecule has 0 heterocycles. The van der Waals surface area contributed by atoms with E-state index in [2.05, 4.69) is 6.92 Å². The van der Waals surface area contributed by atoms with Crippen LogP contribution in [0.4, 0.5) is 0 Å². The second kappa shape index (κ2) is 13.9. The summed E-state index contributed by atoms with van der Waals surface area (Å²) < 4.78 is 0. The van der Waals surface area contributed by atoms with Crippen LogP contribution in [0.3, 0.4) is 0 Å². The molecule has 0 amide bonds. The summed E-state index contributed by atoms with van der Waals surface area (Å²) in [4.78, 5) is 22.8. The predicted molar refractivity (Wildman–Crippen MR) is 92.9 cm³/mol. The van der Waals surface area contributed by atoms with E-state index in [9.17, 15) is 19.8 Å². The van der Waals surface area contributed by atoms with Crippen molar-refractivity contribution < 1.29 is 19.8 Å². The molecule has 0 radical (unpaired) electrons. The summed E-state index contributed by atoms with van der Waals surface area (Å²) in [5, 5.41) is 18.6. The van der Waals surface area contributed by atoms with Gasteiger partial charge in [-0.05, 0) is 12.3 Å². The number of aliphatic carboxylic acids is 2. The molecule has 5 heteroatoms. The minimum absolute atomic E-state index is 0. The van der Waals surface area contributed by atoms with Crippen LogP contribution in [-0.2, 0) is 9.59 Å². The number of rotatable bonds is 13. The average Bonchev–Trinajstić information content (AvgIpc) is 2.39. The number of carboxylic acid groups (broad SMARTS) is 2. The molecule has 0 saturated heterocycles. The van der Waals surface area contributed by atoms with E-state index >= 15 is 0 Å². The second-order valence-electron chi connectivity index (χ2n) is 6.31. The van der Waals surface area contributed by atoms with Crippen LogP contribution in [0, 0.1) is 11.3 Å². The predicted octanol–water partition coefficient (Wildman–Crippen LogP) is 3.80. The molecule has 0 aromatic carbocycles. The van der Waals surface area contributed by atoms with Crippen LogP contribution in [0.2, 0.25) is 0 Å².